The predicted octanol–water partition coefficient (Wildman–Crippen LogP) is 3.15. The van der Waals surface area contributed by atoms with E-state index in [4.69, 9.17) is 4.74 Å². The van der Waals surface area contributed by atoms with Crippen LogP contribution in [0.2, 0.25) is 0 Å². The molecule has 0 aliphatic heterocycles. The Balaban J connectivity index is 1.77. The van der Waals surface area contributed by atoms with Crippen molar-refractivity contribution < 1.29 is 24.1 Å². The Morgan fingerprint density at radius 3 is 2.38 bits per heavy atom. The molecule has 0 aliphatic rings. The van der Waals surface area contributed by atoms with E-state index in [2.05, 4.69) is 5.32 Å². The van der Waals surface area contributed by atoms with Gasteiger partial charge in [-0.3, -0.25) is 0 Å². The van der Waals surface area contributed by atoms with Crippen LogP contribution in [0, 0.1) is 19.7 Å². The molecule has 26 heavy (non-hydrogen) atoms. The van der Waals surface area contributed by atoms with E-state index < -0.39 is 18.3 Å². The van der Waals surface area contributed by atoms with Gasteiger partial charge in [-0.15, -0.1) is 0 Å². The predicted molar refractivity (Wildman–Crippen MR) is 96.1 cm³/mol. The molecule has 0 radical (unpaired) electrons. The molecule has 2 aromatic carbocycles. The van der Waals surface area contributed by atoms with Gasteiger partial charge < -0.3 is 20.3 Å². The van der Waals surface area contributed by atoms with E-state index in [1.165, 1.54) is 12.1 Å². The Labute approximate surface area is 152 Å². The van der Waals surface area contributed by atoms with E-state index >= 15 is 0 Å². The zero-order valence-corrected chi connectivity index (χ0v) is 14.9. The number of aryl methyl sites for hydroxylation is 2. The highest BCUT2D eigenvalue weighted by atomic mass is 19.1. The van der Waals surface area contributed by atoms with Crippen LogP contribution < -0.4 is 5.32 Å². The third-order valence-electron chi connectivity index (χ3n) is 4.09. The van der Waals surface area contributed by atoms with Crippen molar-refractivity contribution in [1.82, 2.24) is 5.32 Å². The normalized spacial score (nSPS) is 13.1. The fraction of sp³-hybridized carbons (Fsp3) is 0.350. The highest BCUT2D eigenvalue weighted by Gasteiger charge is 2.20. The fourth-order valence-electron chi connectivity index (χ4n) is 2.63. The summed E-state index contributed by atoms with van der Waals surface area (Å²) < 4.78 is 18.7. The van der Waals surface area contributed by atoms with Gasteiger partial charge in [0.05, 0.1) is 6.10 Å². The second-order valence-corrected chi connectivity index (χ2v) is 6.26. The molecule has 0 aliphatic carbocycles. The summed E-state index contributed by atoms with van der Waals surface area (Å²) in [5.41, 5.74) is 2.14. The summed E-state index contributed by atoms with van der Waals surface area (Å²) in [5, 5.41) is 22.9. The van der Waals surface area contributed by atoms with Crippen LogP contribution in [0.25, 0.3) is 0 Å². The standard InChI is InChI=1S/C20H24FNO4/c1-13-10-16(11-14(2)18(13)21)19(24)17(23)8-9-22-20(25)26-12-15-6-4-3-5-7-15/h3-7,10-11,17,19,23-24H,8-9,12H2,1-2H3,(H,22,25). The molecule has 5 nitrogen and oxygen atoms in total. The molecule has 0 bridgehead atoms. The second kappa shape index (κ2) is 9.31. The molecule has 0 spiro atoms. The van der Waals surface area contributed by atoms with Gasteiger partial charge in [0.1, 0.15) is 18.5 Å². The van der Waals surface area contributed by atoms with Gasteiger partial charge in [-0.05, 0) is 42.5 Å². The summed E-state index contributed by atoms with van der Waals surface area (Å²) in [6.07, 6.45) is -2.70. The van der Waals surface area contributed by atoms with Crippen LogP contribution in [0.3, 0.4) is 0 Å². The maximum absolute atomic E-state index is 13.7. The van der Waals surface area contributed by atoms with Gasteiger partial charge in [-0.2, -0.15) is 0 Å². The highest BCUT2D eigenvalue weighted by Crippen LogP contribution is 2.23. The molecule has 2 rings (SSSR count). The summed E-state index contributed by atoms with van der Waals surface area (Å²) in [4.78, 5) is 11.6. The number of halogens is 1. The number of aliphatic hydroxyl groups excluding tert-OH is 2. The van der Waals surface area contributed by atoms with E-state index in [0.29, 0.717) is 16.7 Å². The maximum atomic E-state index is 13.7. The minimum atomic E-state index is -1.16. The van der Waals surface area contributed by atoms with Gasteiger partial charge in [0.2, 0.25) is 0 Å². The number of alkyl carbamates (subject to hydrolysis) is 1. The van der Waals surface area contributed by atoms with E-state index in [1.54, 1.807) is 13.8 Å². The Morgan fingerprint density at radius 2 is 1.77 bits per heavy atom. The minimum absolute atomic E-state index is 0.136. The molecule has 0 saturated carbocycles. The lowest BCUT2D eigenvalue weighted by Crippen LogP contribution is -2.29. The first-order valence-electron chi connectivity index (χ1n) is 8.46. The number of carbonyl (C=O) groups is 1. The van der Waals surface area contributed by atoms with Gasteiger partial charge in [-0.25, -0.2) is 9.18 Å². The zero-order chi connectivity index (χ0) is 19.1. The minimum Gasteiger partial charge on any atom is -0.445 e. The first-order chi connectivity index (χ1) is 12.4. The van der Waals surface area contributed by atoms with Crippen LogP contribution in [0.4, 0.5) is 9.18 Å². The molecule has 140 valence electrons. The molecule has 2 unspecified atom stereocenters. The van der Waals surface area contributed by atoms with E-state index in [1.807, 2.05) is 30.3 Å². The van der Waals surface area contributed by atoms with Crippen molar-refractivity contribution in [2.45, 2.75) is 39.1 Å². The van der Waals surface area contributed by atoms with Gasteiger partial charge in [0.25, 0.3) is 0 Å². The SMILES string of the molecule is Cc1cc(C(O)C(O)CCNC(=O)OCc2ccccc2)cc(C)c1F. The summed E-state index contributed by atoms with van der Waals surface area (Å²) in [6.45, 7) is 3.52. The van der Waals surface area contributed by atoms with Crippen molar-refractivity contribution in [3.63, 3.8) is 0 Å². The van der Waals surface area contributed by atoms with Gasteiger partial charge in [0, 0.05) is 6.54 Å². The van der Waals surface area contributed by atoms with Crippen molar-refractivity contribution in [2.24, 2.45) is 0 Å². The Hall–Kier alpha value is -2.44. The average molecular weight is 361 g/mol. The van der Waals surface area contributed by atoms with Crippen molar-refractivity contribution in [3.8, 4) is 0 Å². The van der Waals surface area contributed by atoms with Crippen LogP contribution >= 0.6 is 0 Å². The number of amides is 1. The largest absolute Gasteiger partial charge is 0.445 e. The Morgan fingerprint density at radius 1 is 1.15 bits per heavy atom. The van der Waals surface area contributed by atoms with Crippen molar-refractivity contribution in [1.29, 1.82) is 0 Å². The molecule has 0 aromatic heterocycles. The fourth-order valence-corrected chi connectivity index (χ4v) is 2.63. The topological polar surface area (TPSA) is 78.8 Å². The van der Waals surface area contributed by atoms with E-state index in [9.17, 15) is 19.4 Å². The quantitative estimate of drug-likeness (QED) is 0.708. The van der Waals surface area contributed by atoms with Crippen molar-refractivity contribution in [3.05, 3.63) is 70.5 Å². The number of carbonyl (C=O) groups excluding carboxylic acids is 1. The van der Waals surface area contributed by atoms with Crippen LogP contribution in [0.15, 0.2) is 42.5 Å². The van der Waals surface area contributed by atoms with Gasteiger partial charge in [0.15, 0.2) is 0 Å². The summed E-state index contributed by atoms with van der Waals surface area (Å²) in [7, 11) is 0. The number of ether oxygens (including phenoxy) is 1. The van der Waals surface area contributed by atoms with Gasteiger partial charge in [-0.1, -0.05) is 42.5 Å². The Bertz CT molecular complexity index is 713. The summed E-state index contributed by atoms with van der Waals surface area (Å²) >= 11 is 0. The molecular formula is C20H24FNO4. The molecular weight excluding hydrogens is 337 g/mol. The number of hydrogen-bond acceptors (Lipinski definition) is 4. The zero-order valence-electron chi connectivity index (χ0n) is 14.9. The van der Waals surface area contributed by atoms with Crippen LogP contribution in [-0.2, 0) is 11.3 Å². The molecule has 3 N–H and O–H groups in total. The number of nitrogens with one attached hydrogen (secondary N) is 1. The third kappa shape index (κ3) is 5.54. The molecule has 0 heterocycles. The van der Waals surface area contributed by atoms with Crippen molar-refractivity contribution >= 4 is 6.09 Å². The average Bonchev–Trinajstić information content (AvgIpc) is 2.64. The van der Waals surface area contributed by atoms with Gasteiger partial charge >= 0.3 is 6.09 Å². The molecule has 2 aromatic rings. The highest BCUT2D eigenvalue weighted by molar-refractivity contribution is 5.67. The summed E-state index contributed by atoms with van der Waals surface area (Å²) in [5.74, 6) is -0.321. The van der Waals surface area contributed by atoms with Crippen LogP contribution in [-0.4, -0.2) is 29.0 Å². The van der Waals surface area contributed by atoms with E-state index in [0.717, 1.165) is 5.56 Å². The number of aliphatic hydroxyl groups is 2. The van der Waals surface area contributed by atoms with Crippen molar-refractivity contribution in [2.75, 3.05) is 6.54 Å². The van der Waals surface area contributed by atoms with E-state index in [-0.39, 0.29) is 25.4 Å². The smallest absolute Gasteiger partial charge is 0.407 e. The van der Waals surface area contributed by atoms with Crippen LogP contribution in [0.1, 0.15) is 34.8 Å². The third-order valence-corrected chi connectivity index (χ3v) is 4.09. The van der Waals surface area contributed by atoms with Crippen LogP contribution in [0.5, 0.6) is 0 Å². The summed E-state index contributed by atoms with van der Waals surface area (Å²) in [6, 6.07) is 12.3. The molecule has 1 amide bonds. The first-order valence-corrected chi connectivity index (χ1v) is 8.46. The molecule has 6 heteroatoms. The second-order valence-electron chi connectivity index (χ2n) is 6.26. The molecule has 0 fully saturated rings. The lowest BCUT2D eigenvalue weighted by Gasteiger charge is -2.19. The first kappa shape index (κ1) is 19.9. The lowest BCUT2D eigenvalue weighted by molar-refractivity contribution is 0.0135. The molecule has 0 saturated heterocycles. The maximum Gasteiger partial charge on any atom is 0.407 e. The number of rotatable bonds is 7. The number of hydrogen-bond donors (Lipinski definition) is 3. The Kier molecular flexibility index (Phi) is 7.12. The lowest BCUT2D eigenvalue weighted by atomic mass is 9.98. The number of benzene rings is 2. The molecule has 2 atom stereocenters. The monoisotopic (exact) mass is 361 g/mol.